The first kappa shape index (κ1) is 30.7. The highest BCUT2D eigenvalue weighted by Crippen LogP contribution is 2.63. The van der Waals surface area contributed by atoms with Gasteiger partial charge in [0.05, 0.1) is 11.1 Å². The van der Waals surface area contributed by atoms with Crippen molar-refractivity contribution in [3.05, 3.63) is 221 Å². The fourth-order valence-corrected chi connectivity index (χ4v) is 10.7. The maximum atomic E-state index is 2.54. The minimum absolute atomic E-state index is 0.125. The lowest BCUT2D eigenvalue weighted by Crippen LogP contribution is -2.26. The number of nitrogens with zero attached hydrogens (tertiary/aromatic N) is 1. The topological polar surface area (TPSA) is 3.24 Å². The fourth-order valence-electron chi connectivity index (χ4n) is 10.7. The molecular weight excluding hydrogens is 663 g/mol. The van der Waals surface area contributed by atoms with Crippen LogP contribution in [0.15, 0.2) is 188 Å². The van der Waals surface area contributed by atoms with Crippen molar-refractivity contribution in [2.24, 2.45) is 0 Å². The molecule has 55 heavy (non-hydrogen) atoms. The van der Waals surface area contributed by atoms with E-state index in [1.165, 1.54) is 94.0 Å². The van der Waals surface area contributed by atoms with Gasteiger partial charge in [-0.15, -0.1) is 0 Å². The van der Waals surface area contributed by atoms with E-state index in [4.69, 9.17) is 0 Å². The normalized spacial score (nSPS) is 14.7. The van der Waals surface area contributed by atoms with E-state index in [2.05, 4.69) is 207 Å². The van der Waals surface area contributed by atoms with Gasteiger partial charge in [0.15, 0.2) is 0 Å². The third kappa shape index (κ3) is 3.92. The summed E-state index contributed by atoms with van der Waals surface area (Å²) in [5.41, 5.74) is 19.1. The van der Waals surface area contributed by atoms with Crippen molar-refractivity contribution in [2.75, 3.05) is 4.90 Å². The van der Waals surface area contributed by atoms with Crippen LogP contribution in [-0.2, 0) is 10.8 Å². The van der Waals surface area contributed by atoms with Crippen molar-refractivity contribution < 1.29 is 0 Å². The lowest BCUT2D eigenvalue weighted by molar-refractivity contribution is 0.660. The third-order valence-corrected chi connectivity index (χ3v) is 13.1. The molecule has 258 valence electrons. The van der Waals surface area contributed by atoms with Gasteiger partial charge in [-0.25, -0.2) is 0 Å². The molecule has 0 heterocycles. The van der Waals surface area contributed by atoms with E-state index in [1.54, 1.807) is 0 Å². The Bertz CT molecular complexity index is 3030. The van der Waals surface area contributed by atoms with Gasteiger partial charge in [-0.1, -0.05) is 172 Å². The molecule has 0 atom stereocenters. The summed E-state index contributed by atoms with van der Waals surface area (Å²) >= 11 is 0. The molecular formula is C54H37N. The van der Waals surface area contributed by atoms with Gasteiger partial charge in [0.25, 0.3) is 0 Å². The summed E-state index contributed by atoms with van der Waals surface area (Å²) in [5, 5.41) is 5.01. The first-order valence-electron chi connectivity index (χ1n) is 19.4. The first-order valence-corrected chi connectivity index (χ1v) is 19.4. The van der Waals surface area contributed by atoms with Crippen molar-refractivity contribution in [3.63, 3.8) is 0 Å². The Hall–Kier alpha value is -6.70. The predicted molar refractivity (Wildman–Crippen MR) is 230 cm³/mol. The average molecular weight is 700 g/mol. The SMILES string of the molecule is CC1(C)c2ccccc2-c2ccc(N(c3ccc4c(c3)C3(c5ccccc5-c5ccccc53)c3ccccc3-4)c3cccc4ccc5ccccc5c34)cc21. The van der Waals surface area contributed by atoms with Crippen molar-refractivity contribution >= 4 is 38.6 Å². The van der Waals surface area contributed by atoms with Crippen molar-refractivity contribution in [1.82, 2.24) is 0 Å². The molecule has 0 fully saturated rings. The Kier molecular flexibility index (Phi) is 6.11. The van der Waals surface area contributed by atoms with Crippen molar-refractivity contribution in [1.29, 1.82) is 0 Å². The minimum Gasteiger partial charge on any atom is -0.310 e. The Morgan fingerprint density at radius 2 is 0.800 bits per heavy atom. The quantitative estimate of drug-likeness (QED) is 0.166. The van der Waals surface area contributed by atoms with Crippen LogP contribution < -0.4 is 4.90 Å². The summed E-state index contributed by atoms with van der Waals surface area (Å²) < 4.78 is 0. The molecule has 9 aromatic carbocycles. The van der Waals surface area contributed by atoms with Crippen LogP contribution in [-0.4, -0.2) is 0 Å². The zero-order valence-corrected chi connectivity index (χ0v) is 30.8. The standard InChI is InChI=1S/C54H37N/c1-53(2)45-21-9-5-17-39(45)43-30-28-36(32-49(43)53)55(51-25-13-15-35-27-26-34-14-3-4-16-38(34)52(35)51)37-29-31-44-42-20-8-12-24-48(42)54(50(44)33-37)46-22-10-6-18-40(46)41-19-7-11-23-47(41)54/h3-33H,1-2H3. The van der Waals surface area contributed by atoms with E-state index in [1.807, 2.05) is 0 Å². The third-order valence-electron chi connectivity index (χ3n) is 13.1. The molecule has 1 nitrogen and oxygen atoms in total. The minimum atomic E-state index is -0.423. The molecule has 0 saturated carbocycles. The largest absolute Gasteiger partial charge is 0.310 e. The second-order valence-electron chi connectivity index (χ2n) is 16.0. The van der Waals surface area contributed by atoms with Crippen LogP contribution in [0.2, 0.25) is 0 Å². The molecule has 0 bridgehead atoms. The number of fused-ring (bicyclic) bond motifs is 16. The van der Waals surface area contributed by atoms with Gasteiger partial charge in [0, 0.05) is 22.2 Å². The average Bonchev–Trinajstić information content (AvgIpc) is 3.79. The van der Waals surface area contributed by atoms with Gasteiger partial charge in [-0.05, 0) is 113 Å². The van der Waals surface area contributed by atoms with E-state index < -0.39 is 5.41 Å². The summed E-state index contributed by atoms with van der Waals surface area (Å²) in [5.74, 6) is 0. The molecule has 0 saturated heterocycles. The highest BCUT2D eigenvalue weighted by molar-refractivity contribution is 6.15. The molecule has 3 aliphatic carbocycles. The molecule has 0 radical (unpaired) electrons. The highest BCUT2D eigenvalue weighted by atomic mass is 15.1. The Morgan fingerprint density at radius 3 is 1.44 bits per heavy atom. The second-order valence-corrected chi connectivity index (χ2v) is 16.0. The van der Waals surface area contributed by atoms with Crippen LogP contribution in [0, 0.1) is 0 Å². The van der Waals surface area contributed by atoms with Crippen LogP contribution >= 0.6 is 0 Å². The Labute approximate surface area is 321 Å². The number of benzene rings is 9. The van der Waals surface area contributed by atoms with Gasteiger partial charge in [-0.2, -0.15) is 0 Å². The van der Waals surface area contributed by atoms with Crippen LogP contribution in [0.3, 0.4) is 0 Å². The van der Waals surface area contributed by atoms with Crippen LogP contribution in [0.4, 0.5) is 17.1 Å². The number of anilines is 3. The van der Waals surface area contributed by atoms with Gasteiger partial charge in [0.1, 0.15) is 0 Å². The number of hydrogen-bond donors (Lipinski definition) is 0. The molecule has 0 amide bonds. The summed E-state index contributed by atoms with van der Waals surface area (Å²) in [4.78, 5) is 2.54. The lowest BCUT2D eigenvalue weighted by atomic mass is 9.70. The van der Waals surface area contributed by atoms with Crippen LogP contribution in [0.5, 0.6) is 0 Å². The molecule has 0 aromatic heterocycles. The molecule has 0 N–H and O–H groups in total. The van der Waals surface area contributed by atoms with E-state index >= 15 is 0 Å². The van der Waals surface area contributed by atoms with Gasteiger partial charge in [0.2, 0.25) is 0 Å². The van der Waals surface area contributed by atoms with E-state index in [-0.39, 0.29) is 5.41 Å². The highest BCUT2D eigenvalue weighted by Gasteiger charge is 2.51. The Morgan fingerprint density at radius 1 is 0.345 bits per heavy atom. The van der Waals surface area contributed by atoms with E-state index in [9.17, 15) is 0 Å². The maximum absolute atomic E-state index is 2.54. The summed E-state index contributed by atoms with van der Waals surface area (Å²) in [7, 11) is 0. The van der Waals surface area contributed by atoms with Crippen LogP contribution in [0.25, 0.3) is 54.9 Å². The molecule has 0 unspecified atom stereocenters. The number of hydrogen-bond acceptors (Lipinski definition) is 1. The number of rotatable bonds is 3. The predicted octanol–water partition coefficient (Wildman–Crippen LogP) is 14.1. The van der Waals surface area contributed by atoms with Crippen LogP contribution in [0.1, 0.15) is 47.2 Å². The van der Waals surface area contributed by atoms with Gasteiger partial charge < -0.3 is 4.90 Å². The summed E-state index contributed by atoms with van der Waals surface area (Å²) in [6, 6.07) is 70.8. The summed E-state index contributed by atoms with van der Waals surface area (Å²) in [6.07, 6.45) is 0. The van der Waals surface area contributed by atoms with Gasteiger partial charge in [-0.3, -0.25) is 0 Å². The summed E-state index contributed by atoms with van der Waals surface area (Å²) in [6.45, 7) is 4.76. The molecule has 0 aliphatic heterocycles. The Balaban J connectivity index is 1.17. The van der Waals surface area contributed by atoms with Crippen molar-refractivity contribution in [2.45, 2.75) is 24.7 Å². The molecule has 9 aromatic rings. The first-order chi connectivity index (χ1) is 27.0. The second kappa shape index (κ2) is 10.9. The smallest absolute Gasteiger partial charge is 0.0726 e. The zero-order chi connectivity index (χ0) is 36.5. The zero-order valence-electron chi connectivity index (χ0n) is 30.8. The van der Waals surface area contributed by atoms with E-state index in [0.717, 1.165) is 11.4 Å². The fraction of sp³-hybridized carbons (Fsp3) is 0.0741. The molecule has 3 aliphatic rings. The maximum Gasteiger partial charge on any atom is 0.0726 e. The molecule has 1 heteroatoms. The van der Waals surface area contributed by atoms with Crippen molar-refractivity contribution in [3.8, 4) is 33.4 Å². The monoisotopic (exact) mass is 699 g/mol. The molecule has 1 spiro atoms. The molecule has 12 rings (SSSR count). The van der Waals surface area contributed by atoms with E-state index in [0.29, 0.717) is 0 Å². The lowest BCUT2D eigenvalue weighted by Gasteiger charge is -2.33. The van der Waals surface area contributed by atoms with Gasteiger partial charge >= 0.3 is 0 Å².